The third-order valence-corrected chi connectivity index (χ3v) is 5.46. The average Bonchev–Trinajstić information content (AvgIpc) is 3.11. The number of carbonyl (C=O) groups is 2. The van der Waals surface area contributed by atoms with Crippen molar-refractivity contribution in [3.8, 4) is 6.07 Å². The summed E-state index contributed by atoms with van der Waals surface area (Å²) in [6, 6.07) is 8.70. The topological polar surface area (TPSA) is 112 Å². The van der Waals surface area contributed by atoms with Crippen LogP contribution in [0.25, 0.3) is 0 Å². The van der Waals surface area contributed by atoms with E-state index in [1.807, 2.05) is 13.0 Å². The molecule has 0 saturated heterocycles. The summed E-state index contributed by atoms with van der Waals surface area (Å²) >= 11 is 0. The Kier molecular flexibility index (Phi) is 3.41. The lowest BCUT2D eigenvalue weighted by atomic mass is 9.69. The Morgan fingerprint density at radius 2 is 2.07 bits per heavy atom. The van der Waals surface area contributed by atoms with Gasteiger partial charge < -0.3 is 19.9 Å². The number of fused-ring (bicyclic) bond motifs is 1. The predicted molar refractivity (Wildman–Crippen MR) is 92.4 cm³/mol. The van der Waals surface area contributed by atoms with Crippen LogP contribution in [0.5, 0.6) is 0 Å². The molecular formula is C20H18N2O5. The van der Waals surface area contributed by atoms with E-state index >= 15 is 0 Å². The predicted octanol–water partition coefficient (Wildman–Crippen LogP) is 2.39. The molecule has 138 valence electrons. The summed E-state index contributed by atoms with van der Waals surface area (Å²) in [6.45, 7) is 5.19. The SMILES string of the molecule is CC[C@@H](C)OC(=O)C1=C(C)O[C@@]23OC(N)=C(C#N)[C@]12C(=O)c1ccccc13. The average molecular weight is 366 g/mol. The van der Waals surface area contributed by atoms with E-state index in [2.05, 4.69) is 0 Å². The number of hydrogen-bond donors (Lipinski definition) is 1. The third kappa shape index (κ3) is 1.75. The molecule has 0 unspecified atom stereocenters. The summed E-state index contributed by atoms with van der Waals surface area (Å²) in [7, 11) is 0. The van der Waals surface area contributed by atoms with Crippen LogP contribution >= 0.6 is 0 Å². The molecular weight excluding hydrogens is 348 g/mol. The number of carbonyl (C=O) groups excluding carboxylic acids is 2. The van der Waals surface area contributed by atoms with Crippen molar-refractivity contribution in [2.24, 2.45) is 11.1 Å². The highest BCUT2D eigenvalue weighted by atomic mass is 16.7. The van der Waals surface area contributed by atoms with Crippen LogP contribution in [0.1, 0.15) is 43.1 Å². The number of nitriles is 1. The van der Waals surface area contributed by atoms with Crippen molar-refractivity contribution in [3.63, 3.8) is 0 Å². The maximum absolute atomic E-state index is 13.6. The maximum Gasteiger partial charge on any atom is 0.339 e. The van der Waals surface area contributed by atoms with E-state index in [9.17, 15) is 14.9 Å². The second-order valence-electron chi connectivity index (χ2n) is 6.85. The molecule has 0 amide bonds. The Bertz CT molecular complexity index is 1000. The number of ketones is 1. The number of benzene rings is 1. The molecule has 2 N–H and O–H groups in total. The number of allylic oxidation sites excluding steroid dienone is 1. The van der Waals surface area contributed by atoms with Gasteiger partial charge in [0.2, 0.25) is 5.88 Å². The Hall–Kier alpha value is -3.27. The standard InChI is InChI=1S/C20H18N2O5/c1-4-10(2)25-18(24)15-11(3)26-20-13-8-6-5-7-12(13)16(23)19(15,20)14(9-21)17(22)27-20/h5-8,10H,4,22H2,1-3H3/t10-,19-,20+/m1/s1. The summed E-state index contributed by atoms with van der Waals surface area (Å²) in [5.41, 5.74) is 4.77. The number of rotatable bonds is 3. The van der Waals surface area contributed by atoms with Crippen molar-refractivity contribution in [2.75, 3.05) is 0 Å². The van der Waals surface area contributed by atoms with Crippen LogP contribution in [-0.2, 0) is 24.8 Å². The van der Waals surface area contributed by atoms with Crippen LogP contribution in [-0.4, -0.2) is 17.9 Å². The molecule has 0 aromatic heterocycles. The molecule has 0 radical (unpaired) electrons. The van der Waals surface area contributed by atoms with E-state index in [1.54, 1.807) is 38.1 Å². The monoisotopic (exact) mass is 366 g/mol. The number of esters is 1. The molecule has 1 aromatic carbocycles. The van der Waals surface area contributed by atoms with Crippen LogP contribution < -0.4 is 5.73 Å². The summed E-state index contributed by atoms with van der Waals surface area (Å²) in [6.07, 6.45) is 0.238. The highest BCUT2D eigenvalue weighted by Gasteiger charge is 2.80. The summed E-state index contributed by atoms with van der Waals surface area (Å²) in [4.78, 5) is 26.6. The maximum atomic E-state index is 13.6. The van der Waals surface area contributed by atoms with Gasteiger partial charge in [-0.25, -0.2) is 4.79 Å². The number of ether oxygens (including phenoxy) is 3. The molecule has 2 aliphatic heterocycles. The van der Waals surface area contributed by atoms with Crippen molar-refractivity contribution < 1.29 is 23.8 Å². The molecule has 1 aromatic rings. The fourth-order valence-corrected chi connectivity index (χ4v) is 4.17. The smallest absolute Gasteiger partial charge is 0.339 e. The Morgan fingerprint density at radius 1 is 1.37 bits per heavy atom. The molecule has 3 aliphatic rings. The quantitative estimate of drug-likeness (QED) is 0.817. The molecule has 2 heterocycles. The largest absolute Gasteiger partial charge is 0.459 e. The minimum absolute atomic E-state index is 0.0269. The van der Waals surface area contributed by atoms with Gasteiger partial charge in [-0.15, -0.1) is 0 Å². The van der Waals surface area contributed by atoms with Crippen molar-refractivity contribution >= 4 is 11.8 Å². The van der Waals surface area contributed by atoms with Crippen LogP contribution in [0.3, 0.4) is 0 Å². The van der Waals surface area contributed by atoms with Crippen LogP contribution in [0.4, 0.5) is 0 Å². The lowest BCUT2D eigenvalue weighted by Gasteiger charge is -2.31. The van der Waals surface area contributed by atoms with Gasteiger partial charge in [-0.2, -0.15) is 5.26 Å². The Morgan fingerprint density at radius 3 is 2.74 bits per heavy atom. The third-order valence-electron chi connectivity index (χ3n) is 5.46. The molecule has 3 atom stereocenters. The fraction of sp³-hybridized carbons (Fsp3) is 0.350. The number of Topliss-reactive ketones (excluding diaryl/α,β-unsaturated/α-hetero) is 1. The lowest BCUT2D eigenvalue weighted by Crippen LogP contribution is -2.45. The van der Waals surface area contributed by atoms with Gasteiger partial charge in [-0.3, -0.25) is 4.79 Å². The lowest BCUT2D eigenvalue weighted by molar-refractivity contribution is -0.199. The summed E-state index contributed by atoms with van der Waals surface area (Å²) < 4.78 is 17.3. The van der Waals surface area contributed by atoms with E-state index in [0.29, 0.717) is 17.5 Å². The molecule has 0 saturated carbocycles. The van der Waals surface area contributed by atoms with Gasteiger partial charge >= 0.3 is 11.8 Å². The van der Waals surface area contributed by atoms with Crippen molar-refractivity contribution in [1.82, 2.24) is 0 Å². The first-order chi connectivity index (χ1) is 12.8. The van der Waals surface area contributed by atoms with Crippen molar-refractivity contribution in [1.29, 1.82) is 5.26 Å². The van der Waals surface area contributed by atoms with Gasteiger partial charge in [-0.05, 0) is 20.3 Å². The van der Waals surface area contributed by atoms with Gasteiger partial charge in [0, 0.05) is 11.1 Å². The van der Waals surface area contributed by atoms with E-state index in [-0.39, 0.29) is 28.9 Å². The van der Waals surface area contributed by atoms with Crippen LogP contribution in [0, 0.1) is 16.7 Å². The molecule has 4 rings (SSSR count). The van der Waals surface area contributed by atoms with E-state index in [0.717, 1.165) is 0 Å². The summed E-state index contributed by atoms with van der Waals surface area (Å²) in [5, 5.41) is 9.78. The van der Waals surface area contributed by atoms with E-state index in [1.165, 1.54) is 0 Å². The fourth-order valence-electron chi connectivity index (χ4n) is 4.17. The molecule has 0 spiro atoms. The highest BCUT2D eigenvalue weighted by molar-refractivity contribution is 6.16. The molecule has 0 fully saturated rings. The molecule has 7 nitrogen and oxygen atoms in total. The van der Waals surface area contributed by atoms with Gasteiger partial charge in [0.25, 0.3) is 0 Å². The van der Waals surface area contributed by atoms with Crippen molar-refractivity contribution in [2.45, 2.75) is 39.1 Å². The molecule has 27 heavy (non-hydrogen) atoms. The Labute approximate surface area is 156 Å². The van der Waals surface area contributed by atoms with Gasteiger partial charge in [0.1, 0.15) is 23.0 Å². The first-order valence-corrected chi connectivity index (χ1v) is 8.70. The molecule has 7 heteroatoms. The number of nitrogens with zero attached hydrogens (tertiary/aromatic N) is 1. The molecule has 0 bridgehead atoms. The highest BCUT2D eigenvalue weighted by Crippen LogP contribution is 2.69. The van der Waals surface area contributed by atoms with Crippen LogP contribution in [0.2, 0.25) is 0 Å². The zero-order chi connectivity index (χ0) is 19.6. The van der Waals surface area contributed by atoms with Gasteiger partial charge in [0.05, 0.1) is 6.10 Å². The van der Waals surface area contributed by atoms with E-state index < -0.39 is 23.0 Å². The normalized spacial score (nSPS) is 28.7. The molecule has 1 aliphatic carbocycles. The van der Waals surface area contributed by atoms with Crippen molar-refractivity contribution in [3.05, 3.63) is 58.2 Å². The second-order valence-corrected chi connectivity index (χ2v) is 6.85. The number of hydrogen-bond acceptors (Lipinski definition) is 7. The van der Waals surface area contributed by atoms with Gasteiger partial charge in [-0.1, -0.05) is 31.2 Å². The number of nitrogens with two attached hydrogens (primary N) is 1. The minimum Gasteiger partial charge on any atom is -0.459 e. The minimum atomic E-state index is -1.79. The second kappa shape index (κ2) is 5.36. The summed E-state index contributed by atoms with van der Waals surface area (Å²) in [5.74, 6) is -2.89. The Balaban J connectivity index is 2.00. The zero-order valence-corrected chi connectivity index (χ0v) is 15.2. The first kappa shape index (κ1) is 17.2. The zero-order valence-electron chi connectivity index (χ0n) is 15.2. The van der Waals surface area contributed by atoms with Gasteiger partial charge in [0.15, 0.2) is 11.2 Å². The van der Waals surface area contributed by atoms with Crippen LogP contribution in [0.15, 0.2) is 47.1 Å². The first-order valence-electron chi connectivity index (χ1n) is 8.70. The van der Waals surface area contributed by atoms with E-state index in [4.69, 9.17) is 19.9 Å².